The Bertz CT molecular complexity index is 641. The molecule has 19 heavy (non-hydrogen) atoms. The van der Waals surface area contributed by atoms with Gasteiger partial charge in [0.15, 0.2) is 0 Å². The second-order valence-electron chi connectivity index (χ2n) is 4.21. The molecule has 0 radical (unpaired) electrons. The standard InChI is InChI=1S/C14H12ClNO3/c1-9-6-7-10(2)13(8-9)19-12-5-3-4-11(15)14(12)16(17)18/h3-8H,1-2H3. The minimum Gasteiger partial charge on any atom is -0.450 e. The lowest BCUT2D eigenvalue weighted by atomic mass is 10.1. The maximum Gasteiger partial charge on any atom is 0.329 e. The number of hydrogen-bond donors (Lipinski definition) is 0. The topological polar surface area (TPSA) is 52.4 Å². The van der Waals surface area contributed by atoms with Gasteiger partial charge >= 0.3 is 5.69 Å². The van der Waals surface area contributed by atoms with Crippen molar-refractivity contribution in [2.45, 2.75) is 13.8 Å². The number of halogens is 1. The van der Waals surface area contributed by atoms with E-state index in [0.29, 0.717) is 5.75 Å². The molecule has 2 rings (SSSR count). The van der Waals surface area contributed by atoms with Gasteiger partial charge in [-0.3, -0.25) is 10.1 Å². The van der Waals surface area contributed by atoms with E-state index in [9.17, 15) is 10.1 Å². The Morgan fingerprint density at radius 1 is 1.16 bits per heavy atom. The van der Waals surface area contributed by atoms with Crippen LogP contribution in [0.5, 0.6) is 11.5 Å². The van der Waals surface area contributed by atoms with Crippen LogP contribution in [-0.2, 0) is 0 Å². The van der Waals surface area contributed by atoms with E-state index in [0.717, 1.165) is 11.1 Å². The van der Waals surface area contributed by atoms with Crippen molar-refractivity contribution >= 4 is 17.3 Å². The number of nitro benzene ring substituents is 1. The highest BCUT2D eigenvalue weighted by Crippen LogP contribution is 2.37. The molecule has 0 unspecified atom stereocenters. The molecule has 0 aliphatic heterocycles. The zero-order valence-electron chi connectivity index (χ0n) is 10.5. The average Bonchev–Trinajstić information content (AvgIpc) is 2.33. The smallest absolute Gasteiger partial charge is 0.329 e. The predicted molar refractivity (Wildman–Crippen MR) is 74.1 cm³/mol. The molecule has 0 atom stereocenters. The van der Waals surface area contributed by atoms with Crippen molar-refractivity contribution < 1.29 is 9.66 Å². The molecule has 0 bridgehead atoms. The molecule has 0 aromatic heterocycles. The first kappa shape index (κ1) is 13.4. The lowest BCUT2D eigenvalue weighted by Gasteiger charge is -2.10. The summed E-state index contributed by atoms with van der Waals surface area (Å²) in [5.74, 6) is 0.733. The molecule has 0 saturated heterocycles. The molecule has 2 aromatic rings. The number of hydrogen-bond acceptors (Lipinski definition) is 3. The summed E-state index contributed by atoms with van der Waals surface area (Å²) in [6.45, 7) is 3.81. The fourth-order valence-corrected chi connectivity index (χ4v) is 1.93. The number of nitro groups is 1. The van der Waals surface area contributed by atoms with Gasteiger partial charge in [0.1, 0.15) is 10.8 Å². The van der Waals surface area contributed by atoms with Crippen molar-refractivity contribution in [2.24, 2.45) is 0 Å². The Kier molecular flexibility index (Phi) is 3.71. The maximum atomic E-state index is 11.0. The van der Waals surface area contributed by atoms with Gasteiger partial charge in [0.2, 0.25) is 5.75 Å². The molecule has 0 aliphatic rings. The van der Waals surface area contributed by atoms with Crippen molar-refractivity contribution in [1.82, 2.24) is 0 Å². The number of rotatable bonds is 3. The van der Waals surface area contributed by atoms with Gasteiger partial charge < -0.3 is 4.74 Å². The minimum absolute atomic E-state index is 0.0628. The number of nitrogens with zero attached hydrogens (tertiary/aromatic N) is 1. The summed E-state index contributed by atoms with van der Waals surface area (Å²) in [6.07, 6.45) is 0. The predicted octanol–water partition coefficient (Wildman–Crippen LogP) is 4.66. The van der Waals surface area contributed by atoms with Crippen molar-refractivity contribution in [3.63, 3.8) is 0 Å². The van der Waals surface area contributed by atoms with Crippen molar-refractivity contribution in [3.05, 3.63) is 62.7 Å². The molecule has 5 heteroatoms. The maximum absolute atomic E-state index is 11.0. The Morgan fingerprint density at radius 2 is 1.89 bits per heavy atom. The van der Waals surface area contributed by atoms with Crippen LogP contribution in [0.15, 0.2) is 36.4 Å². The van der Waals surface area contributed by atoms with E-state index in [-0.39, 0.29) is 16.5 Å². The van der Waals surface area contributed by atoms with Gasteiger partial charge in [-0.05, 0) is 43.2 Å². The van der Waals surface area contributed by atoms with E-state index >= 15 is 0 Å². The van der Waals surface area contributed by atoms with Gasteiger partial charge in [0, 0.05) is 0 Å². The second-order valence-corrected chi connectivity index (χ2v) is 4.62. The fraction of sp³-hybridized carbons (Fsp3) is 0.143. The first-order valence-electron chi connectivity index (χ1n) is 5.67. The average molecular weight is 278 g/mol. The number of ether oxygens (including phenoxy) is 1. The molecule has 0 N–H and O–H groups in total. The molecule has 0 heterocycles. The normalized spacial score (nSPS) is 10.3. The van der Waals surface area contributed by atoms with Crippen LogP contribution in [0, 0.1) is 24.0 Å². The monoisotopic (exact) mass is 277 g/mol. The molecular weight excluding hydrogens is 266 g/mol. The highest BCUT2D eigenvalue weighted by Gasteiger charge is 2.20. The molecule has 98 valence electrons. The lowest BCUT2D eigenvalue weighted by Crippen LogP contribution is -1.95. The van der Waals surface area contributed by atoms with Crippen molar-refractivity contribution in [2.75, 3.05) is 0 Å². The van der Waals surface area contributed by atoms with Crippen LogP contribution in [-0.4, -0.2) is 4.92 Å². The van der Waals surface area contributed by atoms with Gasteiger partial charge in [-0.15, -0.1) is 0 Å². The van der Waals surface area contributed by atoms with Crippen LogP contribution in [0.1, 0.15) is 11.1 Å². The van der Waals surface area contributed by atoms with E-state index in [2.05, 4.69) is 0 Å². The third-order valence-corrected chi connectivity index (χ3v) is 3.00. The van der Waals surface area contributed by atoms with Gasteiger partial charge in [-0.2, -0.15) is 0 Å². The largest absolute Gasteiger partial charge is 0.450 e. The third-order valence-electron chi connectivity index (χ3n) is 2.70. The summed E-state index contributed by atoms with van der Waals surface area (Å²) in [7, 11) is 0. The second kappa shape index (κ2) is 5.28. The number of para-hydroxylation sites is 1. The van der Waals surface area contributed by atoms with Crippen LogP contribution >= 0.6 is 11.6 Å². The van der Waals surface area contributed by atoms with Crippen LogP contribution in [0.25, 0.3) is 0 Å². The van der Waals surface area contributed by atoms with Crippen LogP contribution < -0.4 is 4.74 Å². The summed E-state index contributed by atoms with van der Waals surface area (Å²) in [6, 6.07) is 10.3. The summed E-state index contributed by atoms with van der Waals surface area (Å²) in [5.41, 5.74) is 1.70. The zero-order valence-corrected chi connectivity index (χ0v) is 11.3. The Labute approximate surface area is 115 Å². The first-order valence-corrected chi connectivity index (χ1v) is 6.05. The summed E-state index contributed by atoms with van der Waals surface area (Å²) in [5, 5.41) is 11.1. The van der Waals surface area contributed by atoms with E-state index < -0.39 is 4.92 Å². The SMILES string of the molecule is Cc1ccc(C)c(Oc2cccc(Cl)c2[N+](=O)[O-])c1. The van der Waals surface area contributed by atoms with E-state index in [1.54, 1.807) is 6.07 Å². The molecule has 0 aliphatic carbocycles. The fourth-order valence-electron chi connectivity index (χ4n) is 1.69. The molecule has 0 amide bonds. The van der Waals surface area contributed by atoms with Gasteiger partial charge in [0.05, 0.1) is 4.92 Å². The van der Waals surface area contributed by atoms with Crippen molar-refractivity contribution in [1.29, 1.82) is 0 Å². The van der Waals surface area contributed by atoms with Crippen LogP contribution in [0.4, 0.5) is 5.69 Å². The van der Waals surface area contributed by atoms with Gasteiger partial charge in [-0.25, -0.2) is 0 Å². The quantitative estimate of drug-likeness (QED) is 0.606. The lowest BCUT2D eigenvalue weighted by molar-refractivity contribution is -0.385. The molecule has 4 nitrogen and oxygen atoms in total. The highest BCUT2D eigenvalue weighted by atomic mass is 35.5. The molecule has 0 fully saturated rings. The van der Waals surface area contributed by atoms with Crippen LogP contribution in [0.3, 0.4) is 0 Å². The van der Waals surface area contributed by atoms with Gasteiger partial charge in [-0.1, -0.05) is 29.8 Å². The van der Waals surface area contributed by atoms with Crippen LogP contribution in [0.2, 0.25) is 5.02 Å². The molecule has 0 saturated carbocycles. The highest BCUT2D eigenvalue weighted by molar-refractivity contribution is 6.32. The first-order chi connectivity index (χ1) is 8.99. The van der Waals surface area contributed by atoms with E-state index in [1.807, 2.05) is 32.0 Å². The Hall–Kier alpha value is -2.07. The molecule has 0 spiro atoms. The third kappa shape index (κ3) is 2.85. The van der Waals surface area contributed by atoms with E-state index in [4.69, 9.17) is 16.3 Å². The van der Waals surface area contributed by atoms with Crippen molar-refractivity contribution in [3.8, 4) is 11.5 Å². The minimum atomic E-state index is -0.539. The molecular formula is C14H12ClNO3. The summed E-state index contributed by atoms with van der Waals surface area (Å²) in [4.78, 5) is 10.5. The Morgan fingerprint density at radius 3 is 2.58 bits per heavy atom. The summed E-state index contributed by atoms with van der Waals surface area (Å²) >= 11 is 5.84. The Balaban J connectivity index is 2.46. The number of benzene rings is 2. The number of aryl methyl sites for hydroxylation is 2. The molecule has 2 aromatic carbocycles. The van der Waals surface area contributed by atoms with E-state index in [1.165, 1.54) is 12.1 Å². The summed E-state index contributed by atoms with van der Waals surface area (Å²) < 4.78 is 5.64. The zero-order chi connectivity index (χ0) is 14.0. The van der Waals surface area contributed by atoms with Gasteiger partial charge in [0.25, 0.3) is 0 Å².